The van der Waals surface area contributed by atoms with Crippen molar-refractivity contribution in [1.82, 2.24) is 9.97 Å². The van der Waals surface area contributed by atoms with E-state index >= 15 is 0 Å². The normalized spacial score (nSPS) is 11.9. The summed E-state index contributed by atoms with van der Waals surface area (Å²) >= 11 is 2.91. The Balaban J connectivity index is 1.25. The van der Waals surface area contributed by atoms with Crippen molar-refractivity contribution < 1.29 is 14.3 Å². The molecule has 2 heterocycles. The lowest BCUT2D eigenvalue weighted by Gasteiger charge is -2.16. The van der Waals surface area contributed by atoms with Crippen molar-refractivity contribution in [3.63, 3.8) is 0 Å². The maximum atomic E-state index is 13.5. The molecule has 1 amide bonds. The average Bonchev–Trinajstić information content (AvgIpc) is 3.62. The molecule has 2 aromatic heterocycles. The number of para-hydroxylation sites is 1. The first-order valence-corrected chi connectivity index (χ1v) is 14.6. The van der Waals surface area contributed by atoms with Gasteiger partial charge in [0.25, 0.3) is 5.91 Å². The van der Waals surface area contributed by atoms with Crippen molar-refractivity contribution in [2.24, 2.45) is 0 Å². The number of aryl methyl sites for hydroxylation is 1. The Morgan fingerprint density at radius 2 is 1.70 bits per heavy atom. The Hall–Kier alpha value is -4.40. The van der Waals surface area contributed by atoms with E-state index in [0.29, 0.717) is 17.1 Å². The van der Waals surface area contributed by atoms with Crippen LogP contribution in [0.15, 0.2) is 90.3 Å². The number of anilines is 1. The fourth-order valence-electron chi connectivity index (χ4n) is 4.57. The lowest BCUT2D eigenvalue weighted by atomic mass is 9.99. The summed E-state index contributed by atoms with van der Waals surface area (Å²) in [5.41, 5.74) is 5.09. The zero-order valence-corrected chi connectivity index (χ0v) is 23.5. The second kappa shape index (κ2) is 11.0. The molecule has 1 N–H and O–H groups in total. The smallest absolute Gasteiger partial charge is 0.339 e. The number of hydrogen-bond acceptors (Lipinski definition) is 7. The van der Waals surface area contributed by atoms with Crippen molar-refractivity contribution in [3.05, 3.63) is 101 Å². The summed E-state index contributed by atoms with van der Waals surface area (Å²) in [6.07, 6.45) is -0.646. The topological polar surface area (TPSA) is 81.2 Å². The highest BCUT2D eigenvalue weighted by Crippen LogP contribution is 2.36. The molecule has 0 aliphatic carbocycles. The Morgan fingerprint density at radius 3 is 2.48 bits per heavy atom. The number of nitrogens with one attached hydrogen (secondary N) is 1. The predicted octanol–water partition coefficient (Wildman–Crippen LogP) is 8.12. The van der Waals surface area contributed by atoms with Crippen LogP contribution in [0.25, 0.3) is 42.8 Å². The minimum atomic E-state index is -0.968. The summed E-state index contributed by atoms with van der Waals surface area (Å²) in [4.78, 5) is 36.0. The maximum absolute atomic E-state index is 13.5. The molecule has 0 spiro atoms. The van der Waals surface area contributed by atoms with Crippen LogP contribution in [0, 0.1) is 6.92 Å². The molecule has 6 aromatic rings. The third-order valence-corrected chi connectivity index (χ3v) is 8.47. The quantitative estimate of drug-likeness (QED) is 0.198. The van der Waals surface area contributed by atoms with Gasteiger partial charge in [-0.2, -0.15) is 0 Å². The van der Waals surface area contributed by atoms with Crippen molar-refractivity contribution in [2.45, 2.75) is 26.4 Å². The van der Waals surface area contributed by atoms with E-state index in [1.807, 2.05) is 98.1 Å². The number of aromatic nitrogens is 2. The van der Waals surface area contributed by atoms with Crippen molar-refractivity contribution in [1.29, 1.82) is 0 Å². The van der Waals surface area contributed by atoms with Gasteiger partial charge in [-0.1, -0.05) is 79.2 Å². The van der Waals surface area contributed by atoms with Gasteiger partial charge < -0.3 is 4.74 Å². The van der Waals surface area contributed by atoms with Gasteiger partial charge >= 0.3 is 5.97 Å². The summed E-state index contributed by atoms with van der Waals surface area (Å²) in [6, 6.07) is 27.4. The van der Waals surface area contributed by atoms with Crippen molar-refractivity contribution in [3.8, 4) is 21.8 Å². The highest BCUT2D eigenvalue weighted by Gasteiger charge is 2.25. The molecule has 6 nitrogen and oxygen atoms in total. The van der Waals surface area contributed by atoms with Gasteiger partial charge in [-0.25, -0.2) is 14.8 Å². The second-order valence-corrected chi connectivity index (χ2v) is 11.3. The van der Waals surface area contributed by atoms with Crippen LogP contribution in [0.5, 0.6) is 0 Å². The molecular formula is C32H25N3O3S2. The van der Waals surface area contributed by atoms with Gasteiger partial charge in [-0.15, -0.1) is 22.7 Å². The van der Waals surface area contributed by atoms with Gasteiger partial charge in [-0.3, -0.25) is 10.1 Å². The fourth-order valence-corrected chi connectivity index (χ4v) is 6.29. The number of thiazole rings is 2. The van der Waals surface area contributed by atoms with Gasteiger partial charge in [0.2, 0.25) is 0 Å². The fraction of sp³-hybridized carbons (Fsp3) is 0.125. The van der Waals surface area contributed by atoms with E-state index in [0.717, 1.165) is 42.8 Å². The average molecular weight is 564 g/mol. The Labute approximate surface area is 239 Å². The monoisotopic (exact) mass is 563 g/mol. The van der Waals surface area contributed by atoms with E-state index in [2.05, 4.69) is 10.3 Å². The van der Waals surface area contributed by atoms with Crippen LogP contribution in [0.2, 0.25) is 0 Å². The third-order valence-electron chi connectivity index (χ3n) is 6.64. The SMILES string of the molecule is CCC(OC(=O)c1cccc2cccc(-c3nc4ccccc4s3)c12)C(=O)Nc1nc(-c2ccc(C)cc2)cs1. The van der Waals surface area contributed by atoms with E-state index in [9.17, 15) is 9.59 Å². The third kappa shape index (κ3) is 5.11. The van der Waals surface area contributed by atoms with Crippen LogP contribution in [-0.2, 0) is 9.53 Å². The molecule has 0 bridgehead atoms. The first-order valence-electron chi connectivity index (χ1n) is 12.9. The van der Waals surface area contributed by atoms with Crippen LogP contribution >= 0.6 is 22.7 Å². The number of nitrogens with zero attached hydrogens (tertiary/aromatic N) is 2. The standard InChI is InChI=1S/C32H25N3O3S2/c1-3-26(29(36)35-32-34-25(18-39-32)20-16-14-19(2)15-17-20)38-31(37)23-11-7-9-21-8-6-10-22(28(21)23)30-33-24-12-4-5-13-27(24)40-30/h4-18,26H,3H2,1-2H3,(H,34,35,36). The number of fused-ring (bicyclic) bond motifs is 2. The van der Waals surface area contributed by atoms with Crippen LogP contribution in [0.4, 0.5) is 5.13 Å². The summed E-state index contributed by atoms with van der Waals surface area (Å²) in [5.74, 6) is -0.965. The molecule has 6 rings (SSSR count). The van der Waals surface area contributed by atoms with E-state index in [1.54, 1.807) is 17.4 Å². The molecule has 4 aromatic carbocycles. The number of carbonyl (C=O) groups is 2. The summed E-state index contributed by atoms with van der Waals surface area (Å²) in [5, 5.41) is 7.65. The van der Waals surface area contributed by atoms with Gasteiger partial charge in [0, 0.05) is 21.9 Å². The molecule has 0 radical (unpaired) electrons. The summed E-state index contributed by atoms with van der Waals surface area (Å²) in [6.45, 7) is 3.84. The molecule has 0 saturated heterocycles. The van der Waals surface area contributed by atoms with Crippen molar-refractivity contribution in [2.75, 3.05) is 5.32 Å². The number of hydrogen-bond donors (Lipinski definition) is 1. The number of esters is 1. The Kier molecular flexibility index (Phi) is 7.11. The number of ether oxygens (including phenoxy) is 1. The van der Waals surface area contributed by atoms with Crippen molar-refractivity contribution >= 4 is 60.7 Å². The largest absolute Gasteiger partial charge is 0.449 e. The number of amides is 1. The zero-order valence-electron chi connectivity index (χ0n) is 21.9. The molecule has 1 unspecified atom stereocenters. The first-order chi connectivity index (χ1) is 19.5. The molecule has 0 saturated carbocycles. The number of rotatable bonds is 7. The molecule has 0 fully saturated rings. The lowest BCUT2D eigenvalue weighted by Crippen LogP contribution is -2.32. The van der Waals surface area contributed by atoms with E-state index < -0.39 is 18.0 Å². The van der Waals surface area contributed by atoms with Crippen LogP contribution in [0.1, 0.15) is 29.3 Å². The van der Waals surface area contributed by atoms with Gasteiger partial charge in [0.15, 0.2) is 11.2 Å². The summed E-state index contributed by atoms with van der Waals surface area (Å²) in [7, 11) is 0. The Morgan fingerprint density at radius 1 is 0.925 bits per heavy atom. The molecule has 40 heavy (non-hydrogen) atoms. The highest BCUT2D eigenvalue weighted by molar-refractivity contribution is 7.21. The minimum absolute atomic E-state index is 0.323. The Bertz CT molecular complexity index is 1820. The number of carbonyl (C=O) groups excluding carboxylic acids is 2. The zero-order chi connectivity index (χ0) is 27.6. The molecular weight excluding hydrogens is 539 g/mol. The maximum Gasteiger partial charge on any atom is 0.339 e. The van der Waals surface area contributed by atoms with E-state index in [4.69, 9.17) is 9.72 Å². The van der Waals surface area contributed by atoms with Crippen LogP contribution in [0.3, 0.4) is 0 Å². The molecule has 8 heteroatoms. The minimum Gasteiger partial charge on any atom is -0.449 e. The molecule has 0 aliphatic heterocycles. The van der Waals surface area contributed by atoms with Gasteiger partial charge in [0.1, 0.15) is 5.01 Å². The highest BCUT2D eigenvalue weighted by atomic mass is 32.1. The van der Waals surface area contributed by atoms with E-state index in [-0.39, 0.29) is 0 Å². The first kappa shape index (κ1) is 25.9. The lowest BCUT2D eigenvalue weighted by molar-refractivity contribution is -0.124. The predicted molar refractivity (Wildman–Crippen MR) is 163 cm³/mol. The molecule has 198 valence electrons. The van der Waals surface area contributed by atoms with Gasteiger partial charge in [-0.05, 0) is 36.9 Å². The van der Waals surface area contributed by atoms with Gasteiger partial charge in [0.05, 0.1) is 21.5 Å². The number of benzene rings is 4. The van der Waals surface area contributed by atoms with E-state index in [1.165, 1.54) is 16.9 Å². The molecule has 0 aliphatic rings. The van der Waals surface area contributed by atoms with Crippen LogP contribution in [-0.4, -0.2) is 27.9 Å². The molecule has 1 atom stereocenters. The van der Waals surface area contributed by atoms with Crippen LogP contribution < -0.4 is 5.32 Å². The summed E-state index contributed by atoms with van der Waals surface area (Å²) < 4.78 is 6.87. The second-order valence-electron chi connectivity index (χ2n) is 9.39.